The lowest BCUT2D eigenvalue weighted by atomic mass is 9.87. The average molecular weight is 265 g/mol. The first-order chi connectivity index (χ1) is 9.04. The van der Waals surface area contributed by atoms with Crippen molar-refractivity contribution < 1.29 is 5.11 Å². The highest BCUT2D eigenvalue weighted by Crippen LogP contribution is 2.26. The van der Waals surface area contributed by atoms with Gasteiger partial charge in [0.2, 0.25) is 0 Å². The minimum absolute atomic E-state index is 0.567. The molecule has 0 unspecified atom stereocenters. The van der Waals surface area contributed by atoms with E-state index in [4.69, 9.17) is 0 Å². The Labute approximate surface area is 116 Å². The van der Waals surface area contributed by atoms with Crippen molar-refractivity contribution in [2.75, 3.05) is 13.1 Å². The van der Waals surface area contributed by atoms with E-state index in [9.17, 15) is 5.11 Å². The number of nitrogens with zero attached hydrogens (tertiary/aromatic N) is 3. The predicted octanol–water partition coefficient (Wildman–Crippen LogP) is 2.07. The van der Waals surface area contributed by atoms with Crippen LogP contribution in [0.2, 0.25) is 0 Å². The highest BCUT2D eigenvalue weighted by Gasteiger charge is 2.34. The Morgan fingerprint density at radius 3 is 2.63 bits per heavy atom. The topological polar surface area (TPSA) is 41.3 Å². The number of aliphatic hydroxyl groups is 1. The van der Waals surface area contributed by atoms with Gasteiger partial charge in [-0.25, -0.2) is 4.98 Å². The molecule has 4 nitrogen and oxygen atoms in total. The molecule has 1 N–H and O–H groups in total. The van der Waals surface area contributed by atoms with Crippen LogP contribution in [0.15, 0.2) is 12.4 Å². The number of aryl methyl sites for hydroxylation is 1. The maximum atomic E-state index is 10.8. The van der Waals surface area contributed by atoms with E-state index in [1.165, 1.54) is 0 Å². The molecule has 1 fully saturated rings. The third-order valence-corrected chi connectivity index (χ3v) is 4.21. The molecule has 0 saturated carbocycles. The van der Waals surface area contributed by atoms with Crippen LogP contribution < -0.4 is 0 Å². The Kier molecular flexibility index (Phi) is 4.63. The molecule has 1 aliphatic heterocycles. The van der Waals surface area contributed by atoms with Gasteiger partial charge >= 0.3 is 0 Å². The van der Waals surface area contributed by atoms with E-state index < -0.39 is 5.60 Å². The molecular formula is C15H27N3O. The van der Waals surface area contributed by atoms with Gasteiger partial charge in [-0.1, -0.05) is 6.92 Å². The van der Waals surface area contributed by atoms with Gasteiger partial charge in [0.25, 0.3) is 0 Å². The summed E-state index contributed by atoms with van der Waals surface area (Å²) in [5.41, 5.74) is -0.567. The fourth-order valence-corrected chi connectivity index (χ4v) is 2.88. The van der Waals surface area contributed by atoms with Crippen molar-refractivity contribution in [2.45, 2.75) is 64.6 Å². The second kappa shape index (κ2) is 6.06. The summed E-state index contributed by atoms with van der Waals surface area (Å²) in [7, 11) is 0. The van der Waals surface area contributed by atoms with Crippen molar-refractivity contribution in [1.29, 1.82) is 0 Å². The van der Waals surface area contributed by atoms with Crippen LogP contribution in [0.25, 0.3) is 0 Å². The van der Waals surface area contributed by atoms with Gasteiger partial charge in [0, 0.05) is 44.5 Å². The minimum Gasteiger partial charge on any atom is -0.389 e. The second-order valence-corrected chi connectivity index (χ2v) is 6.07. The van der Waals surface area contributed by atoms with Crippen LogP contribution in [0.3, 0.4) is 0 Å². The van der Waals surface area contributed by atoms with Crippen molar-refractivity contribution in [3.05, 3.63) is 18.2 Å². The van der Waals surface area contributed by atoms with Gasteiger partial charge < -0.3 is 14.6 Å². The lowest BCUT2D eigenvalue weighted by molar-refractivity contribution is -0.0289. The van der Waals surface area contributed by atoms with Gasteiger partial charge in [-0.2, -0.15) is 0 Å². The van der Waals surface area contributed by atoms with Crippen LogP contribution in [-0.2, 0) is 13.0 Å². The predicted molar refractivity (Wildman–Crippen MR) is 77.1 cm³/mol. The Morgan fingerprint density at radius 1 is 1.37 bits per heavy atom. The SMILES string of the molecule is CCCn1ccnc1CC1(O)CCN(C(C)C)CC1. The monoisotopic (exact) mass is 265 g/mol. The zero-order chi connectivity index (χ0) is 13.9. The molecule has 108 valence electrons. The molecule has 2 heterocycles. The van der Waals surface area contributed by atoms with Gasteiger partial charge in [-0.15, -0.1) is 0 Å². The number of hydrogen-bond acceptors (Lipinski definition) is 3. The maximum absolute atomic E-state index is 10.8. The normalized spacial score (nSPS) is 20.1. The third kappa shape index (κ3) is 3.57. The van der Waals surface area contributed by atoms with Gasteiger partial charge in [0.05, 0.1) is 5.60 Å². The van der Waals surface area contributed by atoms with E-state index in [2.05, 4.69) is 35.2 Å². The molecule has 1 saturated heterocycles. The quantitative estimate of drug-likeness (QED) is 0.886. The molecule has 0 amide bonds. The third-order valence-electron chi connectivity index (χ3n) is 4.21. The summed E-state index contributed by atoms with van der Waals surface area (Å²) in [6.07, 6.45) is 7.35. The Bertz CT molecular complexity index is 392. The molecule has 19 heavy (non-hydrogen) atoms. The fraction of sp³-hybridized carbons (Fsp3) is 0.800. The van der Waals surface area contributed by atoms with Gasteiger partial charge in [-0.05, 0) is 33.1 Å². The van der Waals surface area contributed by atoms with E-state index in [-0.39, 0.29) is 0 Å². The molecule has 0 aromatic carbocycles. The van der Waals surface area contributed by atoms with Crippen molar-refractivity contribution in [1.82, 2.24) is 14.5 Å². The van der Waals surface area contributed by atoms with Crippen LogP contribution in [0.5, 0.6) is 0 Å². The van der Waals surface area contributed by atoms with Gasteiger partial charge in [0.15, 0.2) is 0 Å². The second-order valence-electron chi connectivity index (χ2n) is 6.07. The lowest BCUT2D eigenvalue weighted by Gasteiger charge is -2.39. The van der Waals surface area contributed by atoms with Crippen LogP contribution in [0.1, 0.15) is 45.9 Å². The lowest BCUT2D eigenvalue weighted by Crippen LogP contribution is -2.48. The molecule has 1 aromatic rings. The van der Waals surface area contributed by atoms with Gasteiger partial charge in [-0.3, -0.25) is 0 Å². The molecule has 2 rings (SSSR count). The van der Waals surface area contributed by atoms with E-state index in [0.29, 0.717) is 12.5 Å². The molecule has 4 heteroatoms. The van der Waals surface area contributed by atoms with E-state index in [0.717, 1.165) is 44.7 Å². The highest BCUT2D eigenvalue weighted by atomic mass is 16.3. The number of piperidine rings is 1. The fourth-order valence-electron chi connectivity index (χ4n) is 2.88. The Balaban J connectivity index is 1.97. The summed E-state index contributed by atoms with van der Waals surface area (Å²) < 4.78 is 2.17. The van der Waals surface area contributed by atoms with Crippen LogP contribution in [-0.4, -0.2) is 44.3 Å². The first kappa shape index (κ1) is 14.5. The average Bonchev–Trinajstić information content (AvgIpc) is 2.77. The van der Waals surface area contributed by atoms with Crippen LogP contribution in [0.4, 0.5) is 0 Å². The summed E-state index contributed by atoms with van der Waals surface area (Å²) >= 11 is 0. The van der Waals surface area contributed by atoms with Crippen molar-refractivity contribution in [3.8, 4) is 0 Å². The van der Waals surface area contributed by atoms with Crippen LogP contribution in [0, 0.1) is 0 Å². The number of rotatable bonds is 5. The highest BCUT2D eigenvalue weighted by molar-refractivity contribution is 5.01. The van der Waals surface area contributed by atoms with Crippen LogP contribution >= 0.6 is 0 Å². The molecule has 0 spiro atoms. The molecular weight excluding hydrogens is 238 g/mol. The first-order valence-electron chi connectivity index (χ1n) is 7.50. The zero-order valence-corrected chi connectivity index (χ0v) is 12.5. The standard InChI is InChI=1S/C15H27N3O/c1-4-8-18-11-7-16-14(18)12-15(19)5-9-17(10-6-15)13(2)3/h7,11,13,19H,4-6,8-10,12H2,1-3H3. The van der Waals surface area contributed by atoms with Crippen molar-refractivity contribution >= 4 is 0 Å². The van der Waals surface area contributed by atoms with Crippen molar-refractivity contribution in [3.63, 3.8) is 0 Å². The number of likely N-dealkylation sites (tertiary alicyclic amines) is 1. The molecule has 0 atom stereocenters. The number of hydrogen-bond donors (Lipinski definition) is 1. The first-order valence-corrected chi connectivity index (χ1v) is 7.50. The molecule has 1 aliphatic rings. The molecule has 1 aromatic heterocycles. The van der Waals surface area contributed by atoms with Gasteiger partial charge in [0.1, 0.15) is 5.82 Å². The Hall–Kier alpha value is -0.870. The molecule has 0 radical (unpaired) electrons. The summed E-state index contributed by atoms with van der Waals surface area (Å²) in [6.45, 7) is 9.57. The molecule has 0 aliphatic carbocycles. The zero-order valence-electron chi connectivity index (χ0n) is 12.5. The van der Waals surface area contributed by atoms with Crippen molar-refractivity contribution in [2.24, 2.45) is 0 Å². The van der Waals surface area contributed by atoms with E-state index in [1.807, 2.05) is 12.4 Å². The number of imidazole rings is 1. The van der Waals surface area contributed by atoms with E-state index >= 15 is 0 Å². The maximum Gasteiger partial charge on any atom is 0.111 e. The molecule has 0 bridgehead atoms. The minimum atomic E-state index is -0.567. The summed E-state index contributed by atoms with van der Waals surface area (Å²) in [5.74, 6) is 1.03. The smallest absolute Gasteiger partial charge is 0.111 e. The summed E-state index contributed by atoms with van der Waals surface area (Å²) in [6, 6.07) is 0.576. The largest absolute Gasteiger partial charge is 0.389 e. The summed E-state index contributed by atoms with van der Waals surface area (Å²) in [5, 5.41) is 10.8. The van der Waals surface area contributed by atoms with E-state index in [1.54, 1.807) is 0 Å². The number of aromatic nitrogens is 2. The Morgan fingerprint density at radius 2 is 2.05 bits per heavy atom. The summed E-state index contributed by atoms with van der Waals surface area (Å²) in [4.78, 5) is 6.86.